The maximum Gasteiger partial charge on any atom is 0.0782 e. The van der Waals surface area contributed by atoms with Crippen LogP contribution in [0, 0.1) is 0 Å². The standard InChI is InChI=1S/C26H56N.C2H5O/c1-5-7-9-11-13-15-17-19-21-23-25-27(3,4)26-24-22-20-18-16-14-12-10-8-6-2;1-2-3/h5-26H2,1-4H3;2H2,1H3/q+1;-1. The molecule has 0 rings (SSSR count). The Morgan fingerprint density at radius 2 is 0.600 bits per heavy atom. The van der Waals surface area contributed by atoms with Crippen LogP contribution in [0.5, 0.6) is 0 Å². The van der Waals surface area contributed by atoms with Crippen LogP contribution in [-0.2, 0) is 0 Å². The molecule has 0 spiro atoms. The summed E-state index contributed by atoms with van der Waals surface area (Å²) in [5, 5.41) is 8.93. The molecule has 0 N–H and O–H groups in total. The fourth-order valence-electron chi connectivity index (χ4n) is 4.17. The SMILES string of the molecule is CCCCCCCCCCCC[N+](C)(C)CCCCCCCCCCCC.CC[O-]. The number of hydrogen-bond donors (Lipinski definition) is 0. The molecule has 2 heteroatoms. The summed E-state index contributed by atoms with van der Waals surface area (Å²) in [5.74, 6) is 0. The van der Waals surface area contributed by atoms with Crippen molar-refractivity contribution in [2.75, 3.05) is 33.8 Å². The minimum absolute atomic E-state index is 0. The molecule has 0 fully saturated rings. The topological polar surface area (TPSA) is 23.1 Å². The molecule has 0 heterocycles. The van der Waals surface area contributed by atoms with Gasteiger partial charge in [-0.1, -0.05) is 124 Å². The van der Waals surface area contributed by atoms with E-state index in [4.69, 9.17) is 5.11 Å². The molecule has 30 heavy (non-hydrogen) atoms. The van der Waals surface area contributed by atoms with Crippen molar-refractivity contribution in [3.63, 3.8) is 0 Å². The van der Waals surface area contributed by atoms with Gasteiger partial charge in [0, 0.05) is 0 Å². The van der Waals surface area contributed by atoms with Crippen molar-refractivity contribution in [2.45, 2.75) is 149 Å². The van der Waals surface area contributed by atoms with Crippen LogP contribution in [0.4, 0.5) is 0 Å². The molecule has 0 unspecified atom stereocenters. The van der Waals surface area contributed by atoms with E-state index in [1.165, 1.54) is 146 Å². The molecule has 0 aromatic carbocycles. The summed E-state index contributed by atoms with van der Waals surface area (Å²) in [6.07, 6.45) is 29.0. The molecular formula is C28H61NO. The van der Waals surface area contributed by atoms with E-state index in [2.05, 4.69) is 27.9 Å². The highest BCUT2D eigenvalue weighted by Crippen LogP contribution is 2.14. The van der Waals surface area contributed by atoms with Gasteiger partial charge < -0.3 is 9.59 Å². The van der Waals surface area contributed by atoms with Crippen molar-refractivity contribution in [3.05, 3.63) is 0 Å². The largest absolute Gasteiger partial charge is 0.855 e. The van der Waals surface area contributed by atoms with Crippen LogP contribution in [-0.4, -0.2) is 38.3 Å². The fourth-order valence-corrected chi connectivity index (χ4v) is 4.17. The lowest BCUT2D eigenvalue weighted by molar-refractivity contribution is -0.890. The maximum absolute atomic E-state index is 8.93. The molecule has 2 nitrogen and oxygen atoms in total. The predicted octanol–water partition coefficient (Wildman–Crippen LogP) is 8.27. The number of nitrogens with zero attached hydrogens (tertiary/aromatic N) is 1. The second kappa shape index (κ2) is 27.0. The van der Waals surface area contributed by atoms with Gasteiger partial charge in [0.2, 0.25) is 0 Å². The van der Waals surface area contributed by atoms with E-state index in [0.717, 1.165) is 0 Å². The monoisotopic (exact) mass is 427 g/mol. The van der Waals surface area contributed by atoms with E-state index in [0.29, 0.717) is 0 Å². The van der Waals surface area contributed by atoms with Gasteiger partial charge in [0.1, 0.15) is 0 Å². The van der Waals surface area contributed by atoms with Crippen LogP contribution in [0.15, 0.2) is 0 Å². The Bertz CT molecular complexity index is 264. The summed E-state index contributed by atoms with van der Waals surface area (Å²) < 4.78 is 1.24. The quantitative estimate of drug-likeness (QED) is 0.126. The Hall–Kier alpha value is -0.0800. The van der Waals surface area contributed by atoms with E-state index < -0.39 is 0 Å². The zero-order valence-corrected chi connectivity index (χ0v) is 22.1. The van der Waals surface area contributed by atoms with Gasteiger partial charge >= 0.3 is 0 Å². The average molecular weight is 428 g/mol. The fraction of sp³-hybridized carbons (Fsp3) is 1.00. The first-order valence-electron chi connectivity index (χ1n) is 13.9. The first-order valence-corrected chi connectivity index (χ1v) is 13.9. The minimum atomic E-state index is 0. The molecule has 184 valence electrons. The number of unbranched alkanes of at least 4 members (excludes halogenated alkanes) is 18. The molecule has 0 aliphatic carbocycles. The summed E-state index contributed by atoms with van der Waals surface area (Å²) in [4.78, 5) is 0. The molecule has 0 saturated carbocycles. The molecule has 0 amide bonds. The molecule has 0 aromatic heterocycles. The first kappa shape index (κ1) is 32.1. The summed E-state index contributed by atoms with van der Waals surface area (Å²) in [7, 11) is 4.89. The van der Waals surface area contributed by atoms with E-state index in [9.17, 15) is 0 Å². The van der Waals surface area contributed by atoms with Gasteiger partial charge in [-0.2, -0.15) is 0 Å². The van der Waals surface area contributed by atoms with Gasteiger partial charge in [0.05, 0.1) is 27.2 Å². The zero-order chi connectivity index (χ0) is 22.8. The van der Waals surface area contributed by atoms with Crippen molar-refractivity contribution in [3.8, 4) is 0 Å². The van der Waals surface area contributed by atoms with Gasteiger partial charge in [0.15, 0.2) is 0 Å². The Kier molecular flexibility index (Phi) is 28.8. The number of hydrogen-bond acceptors (Lipinski definition) is 1. The Morgan fingerprint density at radius 3 is 0.833 bits per heavy atom. The Balaban J connectivity index is 0. The van der Waals surface area contributed by atoms with E-state index >= 15 is 0 Å². The highest BCUT2D eigenvalue weighted by atomic mass is 16.2. The molecule has 0 radical (unpaired) electrons. The zero-order valence-electron chi connectivity index (χ0n) is 22.1. The molecule has 0 bridgehead atoms. The summed E-state index contributed by atoms with van der Waals surface area (Å²) >= 11 is 0. The van der Waals surface area contributed by atoms with E-state index in [1.807, 2.05) is 0 Å². The molecule has 0 saturated heterocycles. The van der Waals surface area contributed by atoms with Crippen molar-refractivity contribution in [1.29, 1.82) is 0 Å². The average Bonchev–Trinajstić information content (AvgIpc) is 2.71. The van der Waals surface area contributed by atoms with E-state index in [1.54, 1.807) is 6.92 Å². The molecule has 0 aliphatic heterocycles. The van der Waals surface area contributed by atoms with Crippen LogP contribution in [0.1, 0.15) is 149 Å². The third-order valence-electron chi connectivity index (χ3n) is 6.23. The lowest BCUT2D eigenvalue weighted by Gasteiger charge is -2.30. The molecule has 0 aromatic rings. The summed E-state index contributed by atoms with van der Waals surface area (Å²) in [6, 6.07) is 0. The molecule has 0 atom stereocenters. The van der Waals surface area contributed by atoms with Gasteiger partial charge in [-0.05, 0) is 25.7 Å². The highest BCUT2D eigenvalue weighted by molar-refractivity contribution is 4.50. The second-order valence-electron chi connectivity index (χ2n) is 10.0. The number of quaternary nitrogens is 1. The lowest BCUT2D eigenvalue weighted by atomic mass is 10.1. The van der Waals surface area contributed by atoms with Gasteiger partial charge in [-0.3, -0.25) is 0 Å². The van der Waals surface area contributed by atoms with E-state index in [-0.39, 0.29) is 6.61 Å². The van der Waals surface area contributed by atoms with Gasteiger partial charge in [0.25, 0.3) is 0 Å². The highest BCUT2D eigenvalue weighted by Gasteiger charge is 2.13. The predicted molar refractivity (Wildman–Crippen MR) is 136 cm³/mol. The van der Waals surface area contributed by atoms with Gasteiger partial charge in [-0.15, -0.1) is 6.61 Å². The van der Waals surface area contributed by atoms with Crippen LogP contribution in [0.2, 0.25) is 0 Å². The van der Waals surface area contributed by atoms with Crippen LogP contribution in [0.25, 0.3) is 0 Å². The van der Waals surface area contributed by atoms with Crippen LogP contribution >= 0.6 is 0 Å². The van der Waals surface area contributed by atoms with Gasteiger partial charge in [-0.25, -0.2) is 0 Å². The van der Waals surface area contributed by atoms with Crippen LogP contribution in [0.3, 0.4) is 0 Å². The Labute approximate surface area is 192 Å². The van der Waals surface area contributed by atoms with Crippen molar-refractivity contribution in [1.82, 2.24) is 0 Å². The van der Waals surface area contributed by atoms with Crippen LogP contribution < -0.4 is 5.11 Å². The first-order chi connectivity index (χ1) is 14.5. The maximum atomic E-state index is 8.93. The third-order valence-corrected chi connectivity index (χ3v) is 6.23. The third kappa shape index (κ3) is 30.1. The van der Waals surface area contributed by atoms with Crippen molar-refractivity contribution >= 4 is 0 Å². The smallest absolute Gasteiger partial charge is 0.0782 e. The second-order valence-corrected chi connectivity index (χ2v) is 10.0. The summed E-state index contributed by atoms with van der Waals surface area (Å²) in [6.45, 7) is 8.94. The van der Waals surface area contributed by atoms with Crippen molar-refractivity contribution in [2.24, 2.45) is 0 Å². The number of rotatable bonds is 22. The molecular weight excluding hydrogens is 366 g/mol. The van der Waals surface area contributed by atoms with Crippen molar-refractivity contribution < 1.29 is 9.59 Å². The lowest BCUT2D eigenvalue weighted by Crippen LogP contribution is -2.41. The molecule has 0 aliphatic rings. The summed E-state index contributed by atoms with van der Waals surface area (Å²) in [5.41, 5.74) is 0. The Morgan fingerprint density at radius 1 is 0.400 bits per heavy atom. The minimum Gasteiger partial charge on any atom is -0.855 e. The normalized spacial score (nSPS) is 11.4.